The molecule has 139 valence electrons. The Labute approximate surface area is 175 Å². The van der Waals surface area contributed by atoms with Gasteiger partial charge >= 0.3 is 0 Å². The van der Waals surface area contributed by atoms with Crippen LogP contribution >= 0.6 is 0 Å². The Kier molecular flexibility index (Phi) is 8.19. The molecule has 1 unspecified atom stereocenters. The number of hydrogen-bond acceptors (Lipinski definition) is 2. The first-order chi connectivity index (χ1) is 12.7. The molecule has 1 radical (unpaired) electrons. The molecule has 0 bridgehead atoms. The minimum absolute atomic E-state index is 0. The van der Waals surface area contributed by atoms with Gasteiger partial charge in [-0.15, -0.1) is 47.5 Å². The quantitative estimate of drug-likeness (QED) is 0.400. The van der Waals surface area contributed by atoms with Gasteiger partial charge in [-0.25, -0.2) is 18.6 Å². The first kappa shape index (κ1) is 20.8. The van der Waals surface area contributed by atoms with Crippen molar-refractivity contribution in [2.45, 2.75) is 19.8 Å². The minimum atomic E-state index is 0. The van der Waals surface area contributed by atoms with Crippen LogP contribution in [0, 0.1) is 26.3 Å². The number of hydrogen-bond donors (Lipinski definition) is 0. The number of allylic oxidation sites excluding steroid dienone is 4. The molecule has 0 fully saturated rings. The van der Waals surface area contributed by atoms with E-state index in [2.05, 4.69) is 66.7 Å². The number of aryl methyl sites for hydroxylation is 2. The Morgan fingerprint density at radius 2 is 1.78 bits per heavy atom. The summed E-state index contributed by atoms with van der Waals surface area (Å²) in [7, 11) is 0. The maximum atomic E-state index is 4.32. The average molecular weight is 531 g/mol. The Bertz CT molecular complexity index is 858. The predicted molar refractivity (Wildman–Crippen MR) is 108 cm³/mol. The molecule has 2 heterocycles. The zero-order valence-corrected chi connectivity index (χ0v) is 17.9. The molecule has 2 aromatic heterocycles. The molecular weight excluding hydrogens is 508 g/mol. The molecule has 3 aromatic rings. The van der Waals surface area contributed by atoms with Crippen LogP contribution in [0.4, 0.5) is 0 Å². The molecule has 0 amide bonds. The van der Waals surface area contributed by atoms with Gasteiger partial charge in [0.05, 0.1) is 0 Å². The molecule has 0 saturated carbocycles. The van der Waals surface area contributed by atoms with Crippen molar-refractivity contribution in [1.82, 2.24) is 9.97 Å². The summed E-state index contributed by atoms with van der Waals surface area (Å²) in [5.74, 6) is 0.358. The second-order valence-electron chi connectivity index (χ2n) is 6.24. The SMILES string of the molecule is C1=C[CH-]C(c2ccccn2)C=C1.Cc1cc[c-]c(-c2cc(C)ccn2)c1.[Ir]. The van der Waals surface area contributed by atoms with E-state index in [0.29, 0.717) is 5.92 Å². The van der Waals surface area contributed by atoms with Gasteiger partial charge in [0.15, 0.2) is 0 Å². The first-order valence-electron chi connectivity index (χ1n) is 8.73. The zero-order valence-electron chi connectivity index (χ0n) is 15.5. The summed E-state index contributed by atoms with van der Waals surface area (Å²) in [5, 5.41) is 0. The van der Waals surface area contributed by atoms with Crippen LogP contribution in [0.3, 0.4) is 0 Å². The fraction of sp³-hybridized carbons (Fsp3) is 0.125. The molecule has 1 atom stereocenters. The third-order valence-corrected chi connectivity index (χ3v) is 4.04. The molecule has 27 heavy (non-hydrogen) atoms. The summed E-state index contributed by atoms with van der Waals surface area (Å²) in [6.45, 7) is 4.15. The summed E-state index contributed by atoms with van der Waals surface area (Å²) in [6, 6.07) is 19.3. The Morgan fingerprint density at radius 3 is 2.44 bits per heavy atom. The van der Waals surface area contributed by atoms with Crippen molar-refractivity contribution in [3.63, 3.8) is 0 Å². The molecule has 1 aromatic carbocycles. The fourth-order valence-corrected chi connectivity index (χ4v) is 2.68. The standard InChI is InChI=1S/C13H12N.C11H10N.Ir/c1-10-4-3-5-12(8-10)13-9-11(2)6-7-14-13;1-2-6-10(7-3-1)11-8-4-5-9-12-11;/h3-4,6-9H,1-2H3;1-10H;/q2*-1;. The van der Waals surface area contributed by atoms with E-state index in [1.807, 2.05) is 54.9 Å². The Balaban J connectivity index is 0.000000189. The van der Waals surface area contributed by atoms with Gasteiger partial charge in [-0.3, -0.25) is 4.98 Å². The topological polar surface area (TPSA) is 25.8 Å². The molecule has 0 spiro atoms. The molecule has 4 rings (SSSR count). The third-order valence-electron chi connectivity index (χ3n) is 4.04. The van der Waals surface area contributed by atoms with E-state index in [4.69, 9.17) is 0 Å². The van der Waals surface area contributed by atoms with E-state index in [0.717, 1.165) is 17.0 Å². The summed E-state index contributed by atoms with van der Waals surface area (Å²) >= 11 is 0. The van der Waals surface area contributed by atoms with Crippen LogP contribution in [-0.4, -0.2) is 9.97 Å². The number of pyridine rings is 2. The van der Waals surface area contributed by atoms with Gasteiger partial charge in [-0.05, 0) is 36.7 Å². The summed E-state index contributed by atoms with van der Waals surface area (Å²) in [5.41, 5.74) is 5.63. The van der Waals surface area contributed by atoms with Crippen molar-refractivity contribution in [2.75, 3.05) is 0 Å². The predicted octanol–water partition coefficient (Wildman–Crippen LogP) is 5.66. The van der Waals surface area contributed by atoms with Crippen LogP contribution in [0.1, 0.15) is 22.7 Å². The van der Waals surface area contributed by atoms with Crippen LogP contribution in [-0.2, 0) is 20.1 Å². The normalized spacial score (nSPS) is 14.4. The second kappa shape index (κ2) is 10.6. The summed E-state index contributed by atoms with van der Waals surface area (Å²) in [6.07, 6.45) is 14.1. The maximum absolute atomic E-state index is 4.32. The smallest absolute Gasteiger partial charge is 0.0341 e. The van der Waals surface area contributed by atoms with E-state index in [-0.39, 0.29) is 20.1 Å². The van der Waals surface area contributed by atoms with Crippen LogP contribution in [0.5, 0.6) is 0 Å². The number of aromatic nitrogens is 2. The zero-order chi connectivity index (χ0) is 18.2. The van der Waals surface area contributed by atoms with Gasteiger partial charge in [0.25, 0.3) is 0 Å². The van der Waals surface area contributed by atoms with Crippen LogP contribution in [0.25, 0.3) is 11.3 Å². The van der Waals surface area contributed by atoms with E-state index in [9.17, 15) is 0 Å². The molecule has 0 N–H and O–H groups in total. The van der Waals surface area contributed by atoms with Gasteiger partial charge < -0.3 is 4.98 Å². The van der Waals surface area contributed by atoms with Crippen LogP contribution < -0.4 is 0 Å². The number of nitrogens with zero attached hydrogens (tertiary/aromatic N) is 2. The maximum Gasteiger partial charge on any atom is 0.0341 e. The number of benzene rings is 1. The molecule has 0 saturated heterocycles. The molecule has 2 nitrogen and oxygen atoms in total. The first-order valence-corrected chi connectivity index (χ1v) is 8.73. The van der Waals surface area contributed by atoms with Crippen molar-refractivity contribution in [1.29, 1.82) is 0 Å². The number of rotatable bonds is 2. The van der Waals surface area contributed by atoms with Gasteiger partial charge in [-0.2, -0.15) is 0 Å². The second-order valence-corrected chi connectivity index (χ2v) is 6.24. The van der Waals surface area contributed by atoms with Gasteiger partial charge in [0, 0.05) is 38.2 Å². The van der Waals surface area contributed by atoms with Crippen molar-refractivity contribution >= 4 is 0 Å². The largest absolute Gasteiger partial charge is 0.305 e. The van der Waals surface area contributed by atoms with Gasteiger partial charge in [0.2, 0.25) is 0 Å². The summed E-state index contributed by atoms with van der Waals surface area (Å²) < 4.78 is 0. The van der Waals surface area contributed by atoms with Crippen LogP contribution in [0.2, 0.25) is 0 Å². The van der Waals surface area contributed by atoms with Crippen molar-refractivity contribution < 1.29 is 20.1 Å². The molecule has 1 aliphatic rings. The summed E-state index contributed by atoms with van der Waals surface area (Å²) in [4.78, 5) is 8.61. The van der Waals surface area contributed by atoms with Crippen LogP contribution in [0.15, 0.2) is 85.2 Å². The Morgan fingerprint density at radius 1 is 0.926 bits per heavy atom. The molecule has 0 aliphatic heterocycles. The van der Waals surface area contributed by atoms with E-state index in [1.54, 1.807) is 0 Å². The van der Waals surface area contributed by atoms with Crippen molar-refractivity contribution in [2.24, 2.45) is 0 Å². The fourth-order valence-electron chi connectivity index (χ4n) is 2.68. The minimum Gasteiger partial charge on any atom is -0.305 e. The van der Waals surface area contributed by atoms with E-state index < -0.39 is 0 Å². The molecule has 3 heteroatoms. The monoisotopic (exact) mass is 531 g/mol. The third kappa shape index (κ3) is 6.32. The van der Waals surface area contributed by atoms with Gasteiger partial charge in [0.1, 0.15) is 0 Å². The molecule has 1 aliphatic carbocycles. The molecular formula is C24H22IrN2-2. The Hall–Kier alpha value is -2.48. The van der Waals surface area contributed by atoms with Crippen molar-refractivity contribution in [3.05, 3.63) is 115 Å². The van der Waals surface area contributed by atoms with Crippen molar-refractivity contribution in [3.8, 4) is 11.3 Å². The van der Waals surface area contributed by atoms with Gasteiger partial charge in [-0.1, -0.05) is 24.6 Å². The van der Waals surface area contributed by atoms with E-state index in [1.165, 1.54) is 11.1 Å². The van der Waals surface area contributed by atoms with E-state index >= 15 is 0 Å². The average Bonchev–Trinajstić information content (AvgIpc) is 2.70.